The normalized spacial score (nSPS) is 10.6. The predicted molar refractivity (Wildman–Crippen MR) is 110 cm³/mol. The molecule has 2 aromatic carbocycles. The van der Waals surface area contributed by atoms with E-state index >= 15 is 0 Å². The number of hydrogen-bond donors (Lipinski definition) is 0. The molecule has 6 nitrogen and oxygen atoms in total. The van der Waals surface area contributed by atoms with Crippen LogP contribution >= 0.6 is 0 Å². The van der Waals surface area contributed by atoms with Crippen LogP contribution < -0.4 is 9.62 Å². The maximum atomic E-state index is 11.4. The lowest BCUT2D eigenvalue weighted by molar-refractivity contribution is -0.266. The molecule has 6 heteroatoms. The van der Waals surface area contributed by atoms with Crippen LogP contribution in [-0.4, -0.2) is 26.2 Å². The Kier molecular flexibility index (Phi) is 10.6. The molecule has 2 rings (SSSR count). The number of benzene rings is 2. The number of hydrogen-bond acceptors (Lipinski definition) is 6. The Morgan fingerprint density at radius 3 is 1.97 bits per heavy atom. The van der Waals surface area contributed by atoms with Crippen molar-refractivity contribution in [3.05, 3.63) is 59.7 Å². The molecule has 0 spiro atoms. The average Bonchev–Trinajstić information content (AvgIpc) is 2.74. The van der Waals surface area contributed by atoms with Crippen molar-refractivity contribution in [1.82, 2.24) is 0 Å². The number of aryl methyl sites for hydroxylation is 2. The highest BCUT2D eigenvalue weighted by Crippen LogP contribution is 2.17. The van der Waals surface area contributed by atoms with E-state index in [0.717, 1.165) is 32.1 Å². The monoisotopic (exact) mass is 402 g/mol. The third-order valence-electron chi connectivity index (χ3n) is 4.04. The topological polar surface area (TPSA) is 63.2 Å². The van der Waals surface area contributed by atoms with Gasteiger partial charge in [-0.2, -0.15) is 4.89 Å². The first-order valence-electron chi connectivity index (χ1n) is 10.1. The minimum atomic E-state index is -0.661. The second-order valence-corrected chi connectivity index (χ2v) is 6.57. The fourth-order valence-electron chi connectivity index (χ4n) is 2.57. The third kappa shape index (κ3) is 9.45. The second-order valence-electron chi connectivity index (χ2n) is 6.57. The molecule has 2 aromatic rings. The fraction of sp³-hybridized carbons (Fsp3) is 0.435. The SMILES string of the molecule is CCCOCOOc1ccc(CCCc2ccc(OC(=O)OCCC)cc2)cc1. The van der Waals surface area contributed by atoms with Gasteiger partial charge in [0.05, 0.1) is 6.61 Å². The summed E-state index contributed by atoms with van der Waals surface area (Å²) in [5, 5.41) is 0. The molecular weight excluding hydrogens is 372 g/mol. The molecule has 0 aromatic heterocycles. The molecule has 0 aliphatic rings. The van der Waals surface area contributed by atoms with Gasteiger partial charge >= 0.3 is 6.16 Å². The van der Waals surface area contributed by atoms with E-state index in [9.17, 15) is 4.79 Å². The van der Waals surface area contributed by atoms with Crippen LogP contribution in [0.2, 0.25) is 0 Å². The van der Waals surface area contributed by atoms with E-state index in [-0.39, 0.29) is 6.79 Å². The lowest BCUT2D eigenvalue weighted by Gasteiger charge is -2.07. The first-order valence-corrected chi connectivity index (χ1v) is 10.1. The Balaban J connectivity index is 1.66. The number of ether oxygens (including phenoxy) is 3. The molecule has 0 unspecified atom stereocenters. The summed E-state index contributed by atoms with van der Waals surface area (Å²) in [7, 11) is 0. The number of rotatable bonds is 13. The molecule has 0 bridgehead atoms. The van der Waals surface area contributed by atoms with Crippen molar-refractivity contribution >= 4 is 6.16 Å². The van der Waals surface area contributed by atoms with Crippen LogP contribution in [0.1, 0.15) is 44.2 Å². The van der Waals surface area contributed by atoms with E-state index in [0.29, 0.717) is 24.7 Å². The molecule has 0 saturated heterocycles. The smallest absolute Gasteiger partial charge is 0.434 e. The molecule has 0 atom stereocenters. The predicted octanol–water partition coefficient (Wildman–Crippen LogP) is 5.48. The van der Waals surface area contributed by atoms with E-state index < -0.39 is 6.16 Å². The van der Waals surface area contributed by atoms with Crippen LogP contribution in [-0.2, 0) is 27.2 Å². The Hall–Kier alpha value is -2.57. The van der Waals surface area contributed by atoms with Crippen LogP contribution in [0.25, 0.3) is 0 Å². The summed E-state index contributed by atoms with van der Waals surface area (Å²) in [4.78, 5) is 21.6. The summed E-state index contributed by atoms with van der Waals surface area (Å²) in [6.45, 7) is 5.12. The van der Waals surface area contributed by atoms with Crippen LogP contribution in [0.15, 0.2) is 48.5 Å². The Bertz CT molecular complexity index is 696. The van der Waals surface area contributed by atoms with Gasteiger partial charge in [0.25, 0.3) is 0 Å². The zero-order chi connectivity index (χ0) is 20.7. The van der Waals surface area contributed by atoms with Gasteiger partial charge in [-0.05, 0) is 67.5 Å². The largest absolute Gasteiger partial charge is 0.513 e. The summed E-state index contributed by atoms with van der Waals surface area (Å²) in [5.74, 6) is 1.15. The summed E-state index contributed by atoms with van der Waals surface area (Å²) in [5.41, 5.74) is 2.43. The fourth-order valence-corrected chi connectivity index (χ4v) is 2.57. The Morgan fingerprint density at radius 2 is 1.38 bits per heavy atom. The molecule has 0 amide bonds. The third-order valence-corrected chi connectivity index (χ3v) is 4.04. The first-order chi connectivity index (χ1) is 14.2. The lowest BCUT2D eigenvalue weighted by atomic mass is 10.0. The number of carbonyl (C=O) groups excluding carboxylic acids is 1. The zero-order valence-corrected chi connectivity index (χ0v) is 17.2. The van der Waals surface area contributed by atoms with Gasteiger partial charge in [-0.25, -0.2) is 4.79 Å². The highest BCUT2D eigenvalue weighted by Gasteiger charge is 2.05. The van der Waals surface area contributed by atoms with Crippen molar-refractivity contribution in [1.29, 1.82) is 0 Å². The summed E-state index contributed by atoms with van der Waals surface area (Å²) < 4.78 is 15.2. The summed E-state index contributed by atoms with van der Waals surface area (Å²) in [6, 6.07) is 15.4. The van der Waals surface area contributed by atoms with Crippen LogP contribution in [0, 0.1) is 0 Å². The van der Waals surface area contributed by atoms with Gasteiger partial charge in [0.2, 0.25) is 0 Å². The van der Waals surface area contributed by atoms with Gasteiger partial charge in [0.1, 0.15) is 5.75 Å². The highest BCUT2D eigenvalue weighted by atomic mass is 17.2. The molecule has 0 saturated carbocycles. The lowest BCUT2D eigenvalue weighted by Crippen LogP contribution is -2.10. The molecule has 0 fully saturated rings. The average molecular weight is 402 g/mol. The summed E-state index contributed by atoms with van der Waals surface area (Å²) >= 11 is 0. The minimum absolute atomic E-state index is 0.124. The molecular formula is C23H30O6. The van der Waals surface area contributed by atoms with Crippen LogP contribution in [0.3, 0.4) is 0 Å². The van der Waals surface area contributed by atoms with E-state index in [2.05, 4.69) is 0 Å². The van der Waals surface area contributed by atoms with E-state index in [4.69, 9.17) is 24.0 Å². The van der Waals surface area contributed by atoms with E-state index in [1.54, 1.807) is 12.1 Å². The van der Waals surface area contributed by atoms with Gasteiger partial charge in [0, 0.05) is 6.61 Å². The summed E-state index contributed by atoms with van der Waals surface area (Å²) in [6.07, 6.45) is 3.97. The molecule has 0 N–H and O–H groups in total. The van der Waals surface area contributed by atoms with E-state index in [1.807, 2.05) is 50.2 Å². The minimum Gasteiger partial charge on any atom is -0.434 e. The van der Waals surface area contributed by atoms with Crippen molar-refractivity contribution in [2.75, 3.05) is 20.0 Å². The maximum Gasteiger partial charge on any atom is 0.513 e. The van der Waals surface area contributed by atoms with Gasteiger partial charge in [0.15, 0.2) is 12.5 Å². The van der Waals surface area contributed by atoms with Crippen molar-refractivity contribution < 1.29 is 28.8 Å². The zero-order valence-electron chi connectivity index (χ0n) is 17.2. The highest BCUT2D eigenvalue weighted by molar-refractivity contribution is 5.63. The van der Waals surface area contributed by atoms with Crippen molar-refractivity contribution in [3.63, 3.8) is 0 Å². The molecule has 0 aliphatic heterocycles. The Labute approximate surface area is 172 Å². The Morgan fingerprint density at radius 1 is 0.793 bits per heavy atom. The first kappa shape index (κ1) is 22.7. The van der Waals surface area contributed by atoms with Gasteiger partial charge in [-0.15, -0.1) is 0 Å². The van der Waals surface area contributed by atoms with Crippen molar-refractivity contribution in [2.24, 2.45) is 0 Å². The quantitative estimate of drug-likeness (QED) is 0.110. The van der Waals surface area contributed by atoms with Gasteiger partial charge in [-0.1, -0.05) is 38.1 Å². The van der Waals surface area contributed by atoms with Gasteiger partial charge in [-0.3, -0.25) is 0 Å². The second kappa shape index (κ2) is 13.6. The molecule has 0 radical (unpaired) electrons. The molecule has 0 heterocycles. The van der Waals surface area contributed by atoms with Crippen molar-refractivity contribution in [2.45, 2.75) is 46.0 Å². The van der Waals surface area contributed by atoms with Crippen LogP contribution in [0.5, 0.6) is 11.5 Å². The standard InChI is InChI=1S/C23H30O6/c1-3-16-25-18-27-29-22-14-10-20(11-15-22)7-5-6-19-8-12-21(13-9-19)28-23(24)26-17-4-2/h8-15H,3-7,16-18H2,1-2H3. The molecule has 29 heavy (non-hydrogen) atoms. The van der Waals surface area contributed by atoms with Gasteiger partial charge < -0.3 is 19.1 Å². The molecule has 0 aliphatic carbocycles. The number of carbonyl (C=O) groups is 1. The maximum absolute atomic E-state index is 11.4. The van der Waals surface area contributed by atoms with E-state index in [1.165, 1.54) is 11.1 Å². The van der Waals surface area contributed by atoms with Crippen LogP contribution in [0.4, 0.5) is 4.79 Å². The molecule has 158 valence electrons. The van der Waals surface area contributed by atoms with Crippen molar-refractivity contribution in [3.8, 4) is 11.5 Å².